The van der Waals surface area contributed by atoms with Crippen LogP contribution < -0.4 is 5.32 Å². The first-order chi connectivity index (χ1) is 7.50. The summed E-state index contributed by atoms with van der Waals surface area (Å²) in [7, 11) is 0. The maximum absolute atomic E-state index is 11.9. The van der Waals surface area contributed by atoms with Crippen LogP contribution >= 0.6 is 15.9 Å². The van der Waals surface area contributed by atoms with E-state index in [-0.39, 0.29) is 11.4 Å². The molecule has 0 aliphatic heterocycles. The van der Waals surface area contributed by atoms with Crippen molar-refractivity contribution in [3.63, 3.8) is 0 Å². The molecule has 0 saturated heterocycles. The molecule has 2 fully saturated rings. The smallest absolute Gasteiger partial charge is 0.220 e. The Balaban J connectivity index is 1.80. The zero-order chi connectivity index (χ0) is 11.8. The fourth-order valence-corrected chi connectivity index (χ4v) is 3.47. The summed E-state index contributed by atoms with van der Waals surface area (Å²) in [5.41, 5.74) is -0.116. The SMILES string of the molecule is CC(C)(CBr)NC(=O)CC1CC2CCC1C2. The van der Waals surface area contributed by atoms with E-state index in [9.17, 15) is 4.79 Å². The molecule has 92 valence electrons. The zero-order valence-electron chi connectivity index (χ0n) is 10.3. The van der Waals surface area contributed by atoms with E-state index in [0.717, 1.165) is 23.6 Å². The van der Waals surface area contributed by atoms with Gasteiger partial charge in [-0.3, -0.25) is 4.79 Å². The topological polar surface area (TPSA) is 29.1 Å². The van der Waals surface area contributed by atoms with Gasteiger partial charge in [0.05, 0.1) is 0 Å². The van der Waals surface area contributed by atoms with E-state index in [1.165, 1.54) is 25.7 Å². The quantitative estimate of drug-likeness (QED) is 0.791. The molecule has 2 aliphatic rings. The third-order valence-electron chi connectivity index (χ3n) is 4.14. The lowest BCUT2D eigenvalue weighted by Crippen LogP contribution is -2.45. The molecule has 2 nitrogen and oxygen atoms in total. The second kappa shape index (κ2) is 4.67. The van der Waals surface area contributed by atoms with Crippen LogP contribution in [-0.4, -0.2) is 16.8 Å². The Morgan fingerprint density at radius 3 is 2.62 bits per heavy atom. The third-order valence-corrected chi connectivity index (χ3v) is 5.55. The van der Waals surface area contributed by atoms with E-state index < -0.39 is 0 Å². The fraction of sp³-hybridized carbons (Fsp3) is 0.923. The van der Waals surface area contributed by atoms with E-state index in [4.69, 9.17) is 0 Å². The molecule has 0 radical (unpaired) electrons. The predicted molar refractivity (Wildman–Crippen MR) is 69.6 cm³/mol. The average Bonchev–Trinajstić information content (AvgIpc) is 2.78. The third kappa shape index (κ3) is 2.79. The number of nitrogens with one attached hydrogen (secondary N) is 1. The lowest BCUT2D eigenvalue weighted by molar-refractivity contribution is -0.123. The van der Waals surface area contributed by atoms with Gasteiger partial charge in [-0.2, -0.15) is 0 Å². The molecule has 1 N–H and O–H groups in total. The Morgan fingerprint density at radius 2 is 2.12 bits per heavy atom. The van der Waals surface area contributed by atoms with Crippen LogP contribution in [0.25, 0.3) is 0 Å². The Hall–Kier alpha value is -0.0500. The Morgan fingerprint density at radius 1 is 1.38 bits per heavy atom. The van der Waals surface area contributed by atoms with Gasteiger partial charge < -0.3 is 5.32 Å². The van der Waals surface area contributed by atoms with E-state index in [1.54, 1.807) is 0 Å². The van der Waals surface area contributed by atoms with Crippen LogP contribution in [0.15, 0.2) is 0 Å². The molecule has 3 atom stereocenters. The minimum absolute atomic E-state index is 0.116. The van der Waals surface area contributed by atoms with Crippen LogP contribution in [0.2, 0.25) is 0 Å². The van der Waals surface area contributed by atoms with Crippen LogP contribution in [0.5, 0.6) is 0 Å². The van der Waals surface area contributed by atoms with Gasteiger partial charge in [-0.15, -0.1) is 0 Å². The number of rotatable bonds is 4. The maximum atomic E-state index is 11.9. The first-order valence-corrected chi connectivity index (χ1v) is 7.49. The standard InChI is InChI=1S/C13H22BrNO/c1-13(2,8-14)15-12(16)7-11-6-9-3-4-10(11)5-9/h9-11H,3-8H2,1-2H3,(H,15,16). The number of fused-ring (bicyclic) bond motifs is 2. The predicted octanol–water partition coefficient (Wildman–Crippen LogP) is 3.10. The molecular weight excluding hydrogens is 266 g/mol. The summed E-state index contributed by atoms with van der Waals surface area (Å²) in [6.45, 7) is 4.11. The second-order valence-electron chi connectivity index (χ2n) is 6.20. The summed E-state index contributed by atoms with van der Waals surface area (Å²) in [6, 6.07) is 0. The van der Waals surface area contributed by atoms with Crippen molar-refractivity contribution in [3.05, 3.63) is 0 Å². The fourth-order valence-electron chi connectivity index (χ4n) is 3.33. The van der Waals surface area contributed by atoms with Gasteiger partial charge in [-0.05, 0) is 50.9 Å². The van der Waals surface area contributed by atoms with Gasteiger partial charge in [0.15, 0.2) is 0 Å². The van der Waals surface area contributed by atoms with Crippen molar-refractivity contribution in [1.29, 1.82) is 0 Å². The highest BCUT2D eigenvalue weighted by atomic mass is 79.9. The maximum Gasteiger partial charge on any atom is 0.220 e. The first-order valence-electron chi connectivity index (χ1n) is 6.37. The molecule has 2 rings (SSSR count). The van der Waals surface area contributed by atoms with Gasteiger partial charge in [0.1, 0.15) is 0 Å². The van der Waals surface area contributed by atoms with Gasteiger partial charge in [0, 0.05) is 17.3 Å². The highest BCUT2D eigenvalue weighted by Gasteiger charge is 2.40. The molecule has 0 spiro atoms. The van der Waals surface area contributed by atoms with Crippen LogP contribution in [0.4, 0.5) is 0 Å². The number of halogens is 1. The molecule has 0 aromatic heterocycles. The molecule has 3 unspecified atom stereocenters. The highest BCUT2D eigenvalue weighted by Crippen LogP contribution is 2.49. The largest absolute Gasteiger partial charge is 0.350 e. The monoisotopic (exact) mass is 287 g/mol. The number of carbonyl (C=O) groups excluding carboxylic acids is 1. The average molecular weight is 288 g/mol. The van der Waals surface area contributed by atoms with Crippen LogP contribution in [-0.2, 0) is 4.79 Å². The molecule has 1 amide bonds. The summed E-state index contributed by atoms with van der Waals surface area (Å²) in [6.07, 6.45) is 6.21. The summed E-state index contributed by atoms with van der Waals surface area (Å²) < 4.78 is 0. The molecule has 2 bridgehead atoms. The van der Waals surface area contributed by atoms with Crippen LogP contribution in [0.1, 0.15) is 46.0 Å². The lowest BCUT2D eigenvalue weighted by Gasteiger charge is -2.26. The number of amides is 1. The molecule has 0 aromatic rings. The number of carbonyl (C=O) groups is 1. The van der Waals surface area contributed by atoms with Crippen molar-refractivity contribution in [2.75, 3.05) is 5.33 Å². The van der Waals surface area contributed by atoms with Gasteiger partial charge in [0.25, 0.3) is 0 Å². The van der Waals surface area contributed by atoms with E-state index >= 15 is 0 Å². The van der Waals surface area contributed by atoms with Crippen LogP contribution in [0, 0.1) is 17.8 Å². The minimum Gasteiger partial charge on any atom is -0.350 e. The molecule has 2 aliphatic carbocycles. The van der Waals surface area contributed by atoms with Gasteiger partial charge >= 0.3 is 0 Å². The second-order valence-corrected chi connectivity index (χ2v) is 6.77. The Kier molecular flexibility index (Phi) is 3.62. The number of hydrogen-bond donors (Lipinski definition) is 1. The summed E-state index contributed by atoms with van der Waals surface area (Å²) in [5.74, 6) is 2.70. The van der Waals surface area contributed by atoms with Crippen molar-refractivity contribution in [3.8, 4) is 0 Å². The van der Waals surface area contributed by atoms with E-state index in [0.29, 0.717) is 5.92 Å². The molecule has 3 heteroatoms. The Bertz CT molecular complexity index is 277. The molecule has 16 heavy (non-hydrogen) atoms. The minimum atomic E-state index is -0.116. The summed E-state index contributed by atoms with van der Waals surface area (Å²) in [5, 5.41) is 3.91. The number of alkyl halides is 1. The first kappa shape index (κ1) is 12.4. The van der Waals surface area contributed by atoms with E-state index in [1.807, 2.05) is 0 Å². The lowest BCUT2D eigenvalue weighted by atomic mass is 9.86. The van der Waals surface area contributed by atoms with Crippen LogP contribution in [0.3, 0.4) is 0 Å². The summed E-state index contributed by atoms with van der Waals surface area (Å²) in [4.78, 5) is 11.9. The Labute approximate surface area is 107 Å². The van der Waals surface area contributed by atoms with Crippen molar-refractivity contribution in [2.45, 2.75) is 51.5 Å². The van der Waals surface area contributed by atoms with E-state index in [2.05, 4.69) is 35.1 Å². The van der Waals surface area contributed by atoms with Crippen molar-refractivity contribution >= 4 is 21.8 Å². The normalized spacial score (nSPS) is 33.1. The zero-order valence-corrected chi connectivity index (χ0v) is 11.8. The van der Waals surface area contributed by atoms with Crippen molar-refractivity contribution in [1.82, 2.24) is 5.32 Å². The molecule has 2 saturated carbocycles. The molecule has 0 aromatic carbocycles. The van der Waals surface area contributed by atoms with Gasteiger partial charge in [0.2, 0.25) is 5.91 Å². The molecule has 0 heterocycles. The van der Waals surface area contributed by atoms with Gasteiger partial charge in [-0.1, -0.05) is 22.4 Å². The highest BCUT2D eigenvalue weighted by molar-refractivity contribution is 9.09. The van der Waals surface area contributed by atoms with Crippen molar-refractivity contribution in [2.24, 2.45) is 17.8 Å². The number of hydrogen-bond acceptors (Lipinski definition) is 1. The summed E-state index contributed by atoms with van der Waals surface area (Å²) >= 11 is 3.43. The molecular formula is C13H22BrNO. The van der Waals surface area contributed by atoms with Gasteiger partial charge in [-0.25, -0.2) is 0 Å². The van der Waals surface area contributed by atoms with Crippen molar-refractivity contribution < 1.29 is 4.79 Å².